The second-order valence-corrected chi connectivity index (χ2v) is 5.44. The molecule has 0 aliphatic heterocycles. The lowest BCUT2D eigenvalue weighted by Crippen LogP contribution is -2.18. The number of aromatic hydroxyl groups is 1. The number of methoxy groups -OCH3 is 2. The molecule has 2 aromatic carbocycles. The molecule has 2 rings (SSSR count). The van der Waals surface area contributed by atoms with Gasteiger partial charge < -0.3 is 19.9 Å². The van der Waals surface area contributed by atoms with Crippen LogP contribution in [-0.4, -0.2) is 37.4 Å². The highest BCUT2D eigenvalue weighted by Gasteiger charge is 2.11. The third kappa shape index (κ3) is 5.21. The molecule has 3 N–H and O–H groups in total. The van der Waals surface area contributed by atoms with Crippen LogP contribution < -0.4 is 20.2 Å². The van der Waals surface area contributed by atoms with Crippen LogP contribution in [0.3, 0.4) is 0 Å². The van der Waals surface area contributed by atoms with Gasteiger partial charge in [-0.15, -0.1) is 0 Å². The monoisotopic (exact) mass is 371 g/mol. The van der Waals surface area contributed by atoms with Gasteiger partial charge in [0.2, 0.25) is 5.91 Å². The summed E-state index contributed by atoms with van der Waals surface area (Å²) in [6.07, 6.45) is 1.61. The third-order valence-corrected chi connectivity index (χ3v) is 3.64. The molecule has 0 unspecified atom stereocenters. The van der Waals surface area contributed by atoms with E-state index in [0.717, 1.165) is 0 Å². The molecular weight excluding hydrogens is 350 g/mol. The lowest BCUT2D eigenvalue weighted by Gasteiger charge is -2.09. The Balaban J connectivity index is 2.12. The van der Waals surface area contributed by atoms with E-state index in [2.05, 4.69) is 15.8 Å². The van der Waals surface area contributed by atoms with E-state index < -0.39 is 5.91 Å². The first kappa shape index (κ1) is 19.8. The Morgan fingerprint density at radius 1 is 1.19 bits per heavy atom. The fraction of sp³-hybridized carbons (Fsp3) is 0.211. The van der Waals surface area contributed by atoms with Crippen LogP contribution in [-0.2, 0) is 4.79 Å². The maximum atomic E-state index is 12.2. The Kier molecular flexibility index (Phi) is 6.76. The van der Waals surface area contributed by atoms with Crippen LogP contribution in [0, 0.1) is 0 Å². The van der Waals surface area contributed by atoms with Crippen molar-refractivity contribution in [2.75, 3.05) is 19.5 Å². The number of hydrazone groups is 1. The molecule has 0 aromatic heterocycles. The zero-order chi connectivity index (χ0) is 19.8. The van der Waals surface area contributed by atoms with Gasteiger partial charge >= 0.3 is 0 Å². The van der Waals surface area contributed by atoms with Gasteiger partial charge in [0.25, 0.3) is 5.91 Å². The Labute approximate surface area is 156 Å². The molecule has 0 aliphatic carbocycles. The molecule has 2 amide bonds. The van der Waals surface area contributed by atoms with E-state index in [9.17, 15) is 14.7 Å². The summed E-state index contributed by atoms with van der Waals surface area (Å²) in [6.45, 7) is 1.74. The van der Waals surface area contributed by atoms with E-state index >= 15 is 0 Å². The van der Waals surface area contributed by atoms with Crippen LogP contribution in [0.4, 0.5) is 5.69 Å². The molecular formula is C19H21N3O5. The largest absolute Gasteiger partial charge is 0.507 e. The molecule has 0 heterocycles. The van der Waals surface area contributed by atoms with Gasteiger partial charge in [-0.1, -0.05) is 13.0 Å². The molecule has 0 radical (unpaired) electrons. The summed E-state index contributed by atoms with van der Waals surface area (Å²) in [6, 6.07) is 9.48. The van der Waals surface area contributed by atoms with Crippen LogP contribution in [0.2, 0.25) is 0 Å². The van der Waals surface area contributed by atoms with Crippen molar-refractivity contribution >= 4 is 23.7 Å². The second kappa shape index (κ2) is 9.23. The molecule has 8 nitrogen and oxygen atoms in total. The molecule has 0 bridgehead atoms. The molecule has 0 fully saturated rings. The number of amides is 2. The van der Waals surface area contributed by atoms with Crippen molar-refractivity contribution in [2.24, 2.45) is 5.10 Å². The summed E-state index contributed by atoms with van der Waals surface area (Å²) >= 11 is 0. The first-order valence-corrected chi connectivity index (χ1v) is 8.16. The first-order chi connectivity index (χ1) is 13.0. The number of rotatable bonds is 7. The predicted molar refractivity (Wildman–Crippen MR) is 102 cm³/mol. The van der Waals surface area contributed by atoms with Gasteiger partial charge in [-0.3, -0.25) is 9.59 Å². The number of benzene rings is 2. The number of anilines is 1. The third-order valence-electron chi connectivity index (χ3n) is 3.64. The fourth-order valence-corrected chi connectivity index (χ4v) is 2.21. The maximum Gasteiger partial charge on any atom is 0.271 e. The van der Waals surface area contributed by atoms with Gasteiger partial charge in [-0.05, 0) is 18.2 Å². The van der Waals surface area contributed by atoms with Crippen molar-refractivity contribution in [3.63, 3.8) is 0 Å². The Morgan fingerprint density at radius 3 is 2.63 bits per heavy atom. The molecule has 0 saturated carbocycles. The van der Waals surface area contributed by atoms with Gasteiger partial charge in [0.15, 0.2) is 0 Å². The first-order valence-electron chi connectivity index (χ1n) is 8.16. The summed E-state index contributed by atoms with van der Waals surface area (Å²) in [4.78, 5) is 23.7. The molecule has 0 atom stereocenters. The molecule has 142 valence electrons. The van der Waals surface area contributed by atoms with Crippen LogP contribution in [0.5, 0.6) is 17.2 Å². The SMILES string of the molecule is CCC(=O)Nc1cccc(C(=O)N/N=C/c2c(O)cc(OC)cc2OC)c1. The van der Waals surface area contributed by atoms with Crippen molar-refractivity contribution in [1.82, 2.24) is 5.43 Å². The highest BCUT2D eigenvalue weighted by molar-refractivity contribution is 5.98. The molecule has 2 aromatic rings. The average Bonchev–Trinajstić information content (AvgIpc) is 2.68. The smallest absolute Gasteiger partial charge is 0.271 e. The highest BCUT2D eigenvalue weighted by atomic mass is 16.5. The van der Waals surface area contributed by atoms with Crippen molar-refractivity contribution in [3.8, 4) is 17.2 Å². The topological polar surface area (TPSA) is 109 Å². The van der Waals surface area contributed by atoms with Crippen molar-refractivity contribution in [1.29, 1.82) is 0 Å². The molecule has 27 heavy (non-hydrogen) atoms. The lowest BCUT2D eigenvalue weighted by atomic mass is 10.2. The summed E-state index contributed by atoms with van der Waals surface area (Å²) in [5.41, 5.74) is 3.51. The lowest BCUT2D eigenvalue weighted by molar-refractivity contribution is -0.115. The van der Waals surface area contributed by atoms with Gasteiger partial charge in [0.05, 0.1) is 26.0 Å². The number of nitrogens with one attached hydrogen (secondary N) is 2. The number of phenols is 1. The number of phenolic OH excluding ortho intramolecular Hbond substituents is 1. The van der Waals surface area contributed by atoms with Gasteiger partial charge in [0, 0.05) is 29.8 Å². The Bertz CT molecular complexity index is 864. The predicted octanol–water partition coefficient (Wildman–Crippen LogP) is 2.52. The van der Waals surface area contributed by atoms with E-state index in [4.69, 9.17) is 9.47 Å². The molecule has 0 spiro atoms. The summed E-state index contributed by atoms with van der Waals surface area (Å²) in [7, 11) is 2.92. The maximum absolute atomic E-state index is 12.2. The van der Waals surface area contributed by atoms with E-state index in [-0.39, 0.29) is 11.7 Å². The second-order valence-electron chi connectivity index (χ2n) is 5.44. The van der Waals surface area contributed by atoms with Crippen LogP contribution in [0.25, 0.3) is 0 Å². The van der Waals surface area contributed by atoms with Crippen molar-refractivity contribution in [2.45, 2.75) is 13.3 Å². The standard InChI is InChI=1S/C19H21N3O5/c1-4-18(24)21-13-7-5-6-12(8-13)19(25)22-20-11-15-16(23)9-14(26-2)10-17(15)27-3/h5-11,23H,4H2,1-3H3,(H,21,24)(H,22,25)/b20-11+. The zero-order valence-corrected chi connectivity index (χ0v) is 15.3. The summed E-state index contributed by atoms with van der Waals surface area (Å²) < 4.78 is 10.2. The van der Waals surface area contributed by atoms with Crippen molar-refractivity contribution < 1.29 is 24.2 Å². The van der Waals surface area contributed by atoms with Gasteiger partial charge in [-0.25, -0.2) is 5.43 Å². The van der Waals surface area contributed by atoms with E-state index in [1.807, 2.05) is 0 Å². The normalized spacial score (nSPS) is 10.5. The fourth-order valence-electron chi connectivity index (χ4n) is 2.21. The average molecular weight is 371 g/mol. The Hall–Kier alpha value is -3.55. The number of ether oxygens (including phenoxy) is 2. The number of hydrogen-bond donors (Lipinski definition) is 3. The van der Waals surface area contributed by atoms with E-state index in [0.29, 0.717) is 34.7 Å². The van der Waals surface area contributed by atoms with Crippen molar-refractivity contribution in [3.05, 3.63) is 47.5 Å². The summed E-state index contributed by atoms with van der Waals surface area (Å²) in [5, 5.41) is 16.6. The number of carbonyl (C=O) groups is 2. The van der Waals surface area contributed by atoms with E-state index in [1.54, 1.807) is 37.3 Å². The number of nitrogens with zero attached hydrogens (tertiary/aromatic N) is 1. The number of hydrogen-bond acceptors (Lipinski definition) is 6. The quantitative estimate of drug-likeness (QED) is 0.512. The van der Waals surface area contributed by atoms with Crippen LogP contribution in [0.15, 0.2) is 41.5 Å². The van der Waals surface area contributed by atoms with Crippen LogP contribution in [0.1, 0.15) is 29.3 Å². The van der Waals surface area contributed by atoms with E-state index in [1.165, 1.54) is 26.5 Å². The number of carbonyl (C=O) groups excluding carboxylic acids is 2. The van der Waals surface area contributed by atoms with Crippen LogP contribution >= 0.6 is 0 Å². The molecule has 0 saturated heterocycles. The minimum Gasteiger partial charge on any atom is -0.507 e. The van der Waals surface area contributed by atoms with Gasteiger partial charge in [-0.2, -0.15) is 5.10 Å². The molecule has 8 heteroatoms. The minimum absolute atomic E-state index is 0.103. The molecule has 0 aliphatic rings. The van der Waals surface area contributed by atoms with Gasteiger partial charge in [0.1, 0.15) is 17.2 Å². The zero-order valence-electron chi connectivity index (χ0n) is 15.3. The summed E-state index contributed by atoms with van der Waals surface area (Å²) in [5.74, 6) is 0.0533. The Morgan fingerprint density at radius 2 is 1.96 bits per heavy atom. The minimum atomic E-state index is -0.467. The highest BCUT2D eigenvalue weighted by Crippen LogP contribution is 2.31.